The summed E-state index contributed by atoms with van der Waals surface area (Å²) in [6, 6.07) is 0.719. The van der Waals surface area contributed by atoms with Crippen molar-refractivity contribution in [1.29, 1.82) is 0 Å². The van der Waals surface area contributed by atoms with Gasteiger partial charge in [-0.2, -0.15) is 13.2 Å². The fourth-order valence-electron chi connectivity index (χ4n) is 0.908. The fraction of sp³-hybridized carbons (Fsp3) is 0.286. The molecule has 1 rings (SSSR count). The van der Waals surface area contributed by atoms with E-state index in [4.69, 9.17) is 11.6 Å². The van der Waals surface area contributed by atoms with E-state index < -0.39 is 31.3 Å². The second-order valence-corrected chi connectivity index (χ2v) is 6.02. The van der Waals surface area contributed by atoms with Gasteiger partial charge in [0.05, 0.1) is 5.02 Å². The molecule has 0 N–H and O–H groups in total. The molecule has 0 aliphatic rings. The van der Waals surface area contributed by atoms with Gasteiger partial charge in [-0.05, 0) is 22.0 Å². The lowest BCUT2D eigenvalue weighted by Crippen LogP contribution is -2.11. The number of pyridine rings is 1. The molecular weight excluding hydrogens is 334 g/mol. The quantitative estimate of drug-likeness (QED) is 0.740. The molecule has 0 spiro atoms. The van der Waals surface area contributed by atoms with E-state index in [1.54, 1.807) is 0 Å². The molecule has 90 valence electrons. The van der Waals surface area contributed by atoms with Gasteiger partial charge >= 0.3 is 6.18 Å². The molecular formula is C7H4BrClF3NO2S. The summed E-state index contributed by atoms with van der Waals surface area (Å²) in [5, 5.41) is -0.754. The van der Waals surface area contributed by atoms with Crippen LogP contribution in [0.2, 0.25) is 5.02 Å². The molecule has 0 saturated carbocycles. The molecule has 16 heavy (non-hydrogen) atoms. The minimum absolute atomic E-state index is 0.384. The van der Waals surface area contributed by atoms with Crippen molar-refractivity contribution in [1.82, 2.24) is 4.98 Å². The van der Waals surface area contributed by atoms with Crippen LogP contribution in [0.25, 0.3) is 0 Å². The van der Waals surface area contributed by atoms with Crippen molar-refractivity contribution in [3.05, 3.63) is 21.4 Å². The van der Waals surface area contributed by atoms with Crippen LogP contribution >= 0.6 is 27.5 Å². The molecule has 1 aromatic rings. The lowest BCUT2D eigenvalue weighted by Gasteiger charge is -2.10. The molecule has 1 heterocycles. The van der Waals surface area contributed by atoms with Gasteiger partial charge in [-0.25, -0.2) is 13.4 Å². The van der Waals surface area contributed by atoms with Crippen molar-refractivity contribution < 1.29 is 21.6 Å². The van der Waals surface area contributed by atoms with Crippen LogP contribution in [-0.2, 0) is 16.0 Å². The number of nitrogens with zero attached hydrogens (tertiary/aromatic N) is 1. The summed E-state index contributed by atoms with van der Waals surface area (Å²) >= 11 is 7.98. The molecule has 0 unspecified atom stereocenters. The summed E-state index contributed by atoms with van der Waals surface area (Å²) in [5.41, 5.74) is -1.33. The minimum Gasteiger partial charge on any atom is -0.233 e. The molecule has 0 atom stereocenters. The van der Waals surface area contributed by atoms with Crippen LogP contribution in [-0.4, -0.2) is 19.7 Å². The molecule has 0 radical (unpaired) electrons. The molecule has 3 nitrogen and oxygen atoms in total. The average molecular weight is 339 g/mol. The molecule has 1 aromatic heterocycles. The average Bonchev–Trinajstić information content (AvgIpc) is 2.04. The maximum absolute atomic E-state index is 12.3. The zero-order valence-corrected chi connectivity index (χ0v) is 10.8. The second-order valence-electron chi connectivity index (χ2n) is 2.88. The summed E-state index contributed by atoms with van der Waals surface area (Å²) in [6.07, 6.45) is -3.88. The monoisotopic (exact) mass is 337 g/mol. The maximum atomic E-state index is 12.3. The van der Waals surface area contributed by atoms with Crippen LogP contribution in [0.4, 0.5) is 13.2 Å². The van der Waals surface area contributed by atoms with Crippen LogP contribution in [0.5, 0.6) is 0 Å². The number of hydrogen-bond acceptors (Lipinski definition) is 3. The van der Waals surface area contributed by atoms with E-state index >= 15 is 0 Å². The van der Waals surface area contributed by atoms with Crippen molar-refractivity contribution in [2.75, 3.05) is 6.26 Å². The van der Waals surface area contributed by atoms with Gasteiger partial charge in [0.2, 0.25) is 0 Å². The maximum Gasteiger partial charge on any atom is 0.434 e. The Hall–Kier alpha value is -0.340. The predicted molar refractivity (Wildman–Crippen MR) is 55.1 cm³/mol. The van der Waals surface area contributed by atoms with Crippen molar-refractivity contribution in [2.45, 2.75) is 11.1 Å². The van der Waals surface area contributed by atoms with E-state index in [0.29, 0.717) is 0 Å². The molecule has 0 aliphatic carbocycles. The number of halogens is 5. The van der Waals surface area contributed by atoms with Crippen LogP contribution in [0, 0.1) is 0 Å². The number of alkyl halides is 3. The molecule has 0 bridgehead atoms. The van der Waals surface area contributed by atoms with Crippen molar-refractivity contribution in [2.24, 2.45) is 0 Å². The van der Waals surface area contributed by atoms with Crippen LogP contribution in [0.1, 0.15) is 5.69 Å². The van der Waals surface area contributed by atoms with E-state index in [1.807, 2.05) is 0 Å². The molecule has 0 amide bonds. The summed E-state index contributed by atoms with van der Waals surface area (Å²) in [6.45, 7) is 0. The Balaban J connectivity index is 3.52. The molecule has 0 fully saturated rings. The highest BCUT2D eigenvalue weighted by Gasteiger charge is 2.36. The Morgan fingerprint density at radius 1 is 1.44 bits per heavy atom. The van der Waals surface area contributed by atoms with E-state index in [9.17, 15) is 21.6 Å². The summed E-state index contributed by atoms with van der Waals surface area (Å²) in [4.78, 5) is 2.71. The number of aromatic nitrogens is 1. The third kappa shape index (κ3) is 2.86. The Morgan fingerprint density at radius 3 is 2.31 bits per heavy atom. The van der Waals surface area contributed by atoms with Crippen LogP contribution in [0.3, 0.4) is 0 Å². The standard InChI is InChI=1S/C7H4BrClF3NO2S/c1-16(14,15)4-2-3(9)5(7(10,11)12)13-6(4)8/h2H,1H3. The molecule has 0 aromatic carbocycles. The van der Waals surface area contributed by atoms with Gasteiger partial charge in [-0.3, -0.25) is 0 Å². The Kier molecular flexibility index (Phi) is 3.56. The Bertz CT molecular complexity index is 529. The fourth-order valence-corrected chi connectivity index (χ4v) is 3.09. The van der Waals surface area contributed by atoms with Gasteiger partial charge in [0.15, 0.2) is 15.5 Å². The summed E-state index contributed by atoms with van der Waals surface area (Å²) < 4.78 is 58.9. The SMILES string of the molecule is CS(=O)(=O)c1cc(Cl)c(C(F)(F)F)nc1Br. The van der Waals surface area contributed by atoms with E-state index in [-0.39, 0.29) is 4.90 Å². The van der Waals surface area contributed by atoms with Gasteiger partial charge in [0.1, 0.15) is 9.50 Å². The molecule has 0 aliphatic heterocycles. The number of hydrogen-bond donors (Lipinski definition) is 0. The minimum atomic E-state index is -4.73. The van der Waals surface area contributed by atoms with E-state index in [1.165, 1.54) is 0 Å². The van der Waals surface area contributed by atoms with Crippen LogP contribution in [0.15, 0.2) is 15.6 Å². The Labute approximate surface area is 103 Å². The van der Waals surface area contributed by atoms with Crippen LogP contribution < -0.4 is 0 Å². The topological polar surface area (TPSA) is 47.0 Å². The highest BCUT2D eigenvalue weighted by atomic mass is 79.9. The third-order valence-electron chi connectivity index (χ3n) is 1.57. The number of rotatable bonds is 1. The molecule has 9 heteroatoms. The second kappa shape index (κ2) is 4.15. The van der Waals surface area contributed by atoms with Crippen molar-refractivity contribution in [3.8, 4) is 0 Å². The van der Waals surface area contributed by atoms with Gasteiger partial charge in [-0.1, -0.05) is 11.6 Å². The van der Waals surface area contributed by atoms with E-state index in [2.05, 4.69) is 20.9 Å². The first-order valence-corrected chi connectivity index (χ1v) is 6.73. The highest BCUT2D eigenvalue weighted by molar-refractivity contribution is 9.10. The third-order valence-corrected chi connectivity index (χ3v) is 3.83. The first-order chi connectivity index (χ1) is 7.03. The molecule has 0 saturated heterocycles. The zero-order valence-electron chi connectivity index (χ0n) is 7.64. The van der Waals surface area contributed by atoms with Gasteiger partial charge < -0.3 is 0 Å². The summed E-state index contributed by atoms with van der Waals surface area (Å²) in [5.74, 6) is 0. The zero-order chi connectivity index (χ0) is 12.7. The lowest BCUT2D eigenvalue weighted by atomic mass is 10.3. The Morgan fingerprint density at radius 2 is 1.94 bits per heavy atom. The normalized spacial score (nSPS) is 12.9. The smallest absolute Gasteiger partial charge is 0.233 e. The van der Waals surface area contributed by atoms with E-state index in [0.717, 1.165) is 12.3 Å². The van der Waals surface area contributed by atoms with Gasteiger partial charge in [-0.15, -0.1) is 0 Å². The van der Waals surface area contributed by atoms with Gasteiger partial charge in [0.25, 0.3) is 0 Å². The van der Waals surface area contributed by atoms with Gasteiger partial charge in [0, 0.05) is 6.26 Å². The largest absolute Gasteiger partial charge is 0.434 e. The number of sulfone groups is 1. The summed E-state index contributed by atoms with van der Waals surface area (Å²) in [7, 11) is -3.68. The lowest BCUT2D eigenvalue weighted by molar-refractivity contribution is -0.141. The van der Waals surface area contributed by atoms with Crippen molar-refractivity contribution in [3.63, 3.8) is 0 Å². The first-order valence-electron chi connectivity index (χ1n) is 3.67. The van der Waals surface area contributed by atoms with Crippen molar-refractivity contribution >= 4 is 37.4 Å². The highest BCUT2D eigenvalue weighted by Crippen LogP contribution is 2.36. The predicted octanol–water partition coefficient (Wildman–Crippen LogP) is 2.92. The first kappa shape index (κ1) is 13.7.